The Balaban J connectivity index is 1.01. The number of carbonyl (C=O) groups is 2. The molecule has 6 fully saturated rings. The lowest BCUT2D eigenvalue weighted by molar-refractivity contribution is -0.180. The van der Waals surface area contributed by atoms with Crippen LogP contribution in [0.3, 0.4) is 0 Å². The second kappa shape index (κ2) is 14.7. The van der Waals surface area contributed by atoms with Crippen LogP contribution in [0.15, 0.2) is 96.6 Å². The summed E-state index contributed by atoms with van der Waals surface area (Å²) < 4.78 is 11.1. The van der Waals surface area contributed by atoms with Gasteiger partial charge in [0.25, 0.3) is 0 Å². The summed E-state index contributed by atoms with van der Waals surface area (Å²) in [7, 11) is 3.24. The number of ether oxygens (including phenoxy) is 2. The van der Waals surface area contributed by atoms with Crippen LogP contribution in [-0.4, -0.2) is 65.8 Å². The molecule has 1 amide bonds. The third-order valence-electron chi connectivity index (χ3n) is 19.3. The first-order valence-corrected chi connectivity index (χ1v) is 23.6. The van der Waals surface area contributed by atoms with E-state index < -0.39 is 27.9 Å². The number of nitrogens with zero attached hydrogens (tertiary/aromatic N) is 1. The van der Waals surface area contributed by atoms with Crippen LogP contribution in [-0.2, 0) is 11.2 Å². The van der Waals surface area contributed by atoms with Crippen LogP contribution >= 0.6 is 0 Å². The van der Waals surface area contributed by atoms with Gasteiger partial charge in [-0.25, -0.2) is 0 Å². The van der Waals surface area contributed by atoms with E-state index in [0.29, 0.717) is 48.3 Å². The highest BCUT2D eigenvalue weighted by Gasteiger charge is 2.74. The first kappa shape index (κ1) is 41.8. The Hall–Kier alpha value is -4.20. The number of aliphatic hydroxyl groups is 2. The molecule has 0 radical (unpaired) electrons. The van der Waals surface area contributed by atoms with Crippen molar-refractivity contribution in [3.8, 4) is 22.6 Å². The second-order valence-corrected chi connectivity index (χ2v) is 21.9. The number of fused-ring (bicyclic) bond motifs is 3. The fourth-order valence-electron chi connectivity index (χ4n) is 15.5. The fourth-order valence-corrected chi connectivity index (χ4v) is 15.5. The van der Waals surface area contributed by atoms with Crippen LogP contribution in [0.25, 0.3) is 11.1 Å². The Morgan fingerprint density at radius 1 is 0.774 bits per heavy atom. The predicted molar refractivity (Wildman–Crippen MR) is 243 cm³/mol. The standard InChI is InChI=1S/C55H67NO6/c1-50(2)40-18-17-39(42(50)30-40)33-56(48(58)29-35-12-19-44(61-5)45(28-35)62-6)34-54(60)25-22-47-52(54,4)24-21-46-51(3)23-20-41(57)31-53(51)26-27-55(46,47)43(32-53)49(59)38-15-13-37(14-16-38)36-10-8-7-9-11-36/h7-16,19,26-28,32,39-42,46-47,57,60H,17-18,20-25,29-31,33-34H2,1-6H3/t39-,40-,41?,42-,46+,47+,51+,52-,53-,54+,55+/m0/s1. The number of hydrogen-bond donors (Lipinski definition) is 2. The quantitative estimate of drug-likeness (QED) is 0.148. The topological polar surface area (TPSA) is 96.3 Å². The third kappa shape index (κ3) is 5.95. The summed E-state index contributed by atoms with van der Waals surface area (Å²) in [5.41, 5.74) is 2.05. The molecule has 11 atom stereocenters. The summed E-state index contributed by atoms with van der Waals surface area (Å²) in [5.74, 6) is 3.23. The van der Waals surface area contributed by atoms with Gasteiger partial charge in [0.05, 0.1) is 32.3 Å². The van der Waals surface area contributed by atoms with Crippen molar-refractivity contribution in [2.75, 3.05) is 27.3 Å². The highest BCUT2D eigenvalue weighted by molar-refractivity contribution is 6.10. The van der Waals surface area contributed by atoms with E-state index in [1.807, 2.05) is 48.5 Å². The molecule has 12 rings (SSSR count). The van der Waals surface area contributed by atoms with Gasteiger partial charge in [-0.05, 0) is 133 Å². The largest absolute Gasteiger partial charge is 0.493 e. The van der Waals surface area contributed by atoms with Gasteiger partial charge in [-0.3, -0.25) is 9.59 Å². The summed E-state index contributed by atoms with van der Waals surface area (Å²) in [6.07, 6.45) is 15.8. The second-order valence-electron chi connectivity index (χ2n) is 21.9. The van der Waals surface area contributed by atoms with Crippen LogP contribution in [0.5, 0.6) is 11.5 Å². The average Bonchev–Trinajstić information content (AvgIpc) is 3.55. The summed E-state index contributed by atoms with van der Waals surface area (Å²) in [6.45, 7) is 10.5. The fraction of sp³-hybridized carbons (Fsp3) is 0.564. The molecule has 2 spiro atoms. The lowest BCUT2D eigenvalue weighted by Gasteiger charge is -2.71. The van der Waals surface area contributed by atoms with E-state index in [0.717, 1.165) is 66.7 Å². The SMILES string of the molecule is COc1ccc(CC(=O)N(C[C@@H]2CC[C@H]3C[C@@H]2C3(C)C)C[C@]2(O)CC[C@H]3[C@]45C=C[C@@]6(C=C4C(=O)c4ccc(-c7ccccc7)cc4)CC(O)CC[C@]6(C)[C@H]5CC[C@@]32C)cc1OC. The molecule has 7 heteroatoms. The maximum Gasteiger partial charge on any atom is 0.227 e. The maximum absolute atomic E-state index is 15.3. The molecule has 1 unspecified atom stereocenters. The first-order chi connectivity index (χ1) is 29.6. The Bertz CT molecular complexity index is 2310. The van der Waals surface area contributed by atoms with Gasteiger partial charge in [0, 0.05) is 40.5 Å². The van der Waals surface area contributed by atoms with Crippen molar-refractivity contribution in [3.05, 3.63) is 108 Å². The van der Waals surface area contributed by atoms with Crippen molar-refractivity contribution in [1.82, 2.24) is 4.90 Å². The molecule has 3 aromatic rings. The highest BCUT2D eigenvalue weighted by atomic mass is 16.5. The molecule has 9 aliphatic carbocycles. The van der Waals surface area contributed by atoms with E-state index in [4.69, 9.17) is 9.47 Å². The predicted octanol–water partition coefficient (Wildman–Crippen LogP) is 10.3. The van der Waals surface area contributed by atoms with Gasteiger partial charge < -0.3 is 24.6 Å². The summed E-state index contributed by atoms with van der Waals surface area (Å²) in [6, 6.07) is 24.1. The molecule has 0 aromatic heterocycles. The molecular weight excluding hydrogens is 771 g/mol. The number of amides is 1. The van der Waals surface area contributed by atoms with Gasteiger partial charge in [-0.15, -0.1) is 0 Å². The van der Waals surface area contributed by atoms with Crippen molar-refractivity contribution in [2.45, 2.75) is 110 Å². The van der Waals surface area contributed by atoms with Crippen molar-refractivity contribution in [2.24, 2.45) is 56.7 Å². The Morgan fingerprint density at radius 3 is 2.18 bits per heavy atom. The molecule has 0 aliphatic heterocycles. The average molecular weight is 838 g/mol. The van der Waals surface area contributed by atoms with Crippen LogP contribution in [0.4, 0.5) is 0 Å². The van der Waals surface area contributed by atoms with Gasteiger partial charge in [0.2, 0.25) is 5.91 Å². The lowest BCUT2D eigenvalue weighted by Crippen LogP contribution is -2.67. The maximum atomic E-state index is 15.3. The van der Waals surface area contributed by atoms with Crippen LogP contribution in [0, 0.1) is 56.7 Å². The van der Waals surface area contributed by atoms with E-state index in [2.05, 4.69) is 75.1 Å². The zero-order valence-corrected chi connectivity index (χ0v) is 37.8. The number of ketones is 1. The van der Waals surface area contributed by atoms with Crippen LogP contribution < -0.4 is 9.47 Å². The first-order valence-electron chi connectivity index (χ1n) is 23.6. The Morgan fingerprint density at radius 2 is 1.47 bits per heavy atom. The molecule has 0 saturated heterocycles. The number of carbonyl (C=O) groups excluding carboxylic acids is 2. The molecule has 4 bridgehead atoms. The highest BCUT2D eigenvalue weighted by Crippen LogP contribution is 2.78. The minimum atomic E-state index is -1.15. The van der Waals surface area contributed by atoms with Crippen molar-refractivity contribution >= 4 is 11.7 Å². The number of Topliss-reactive ketones (excluding diaryl/α,β-unsaturated/α-hetero) is 1. The molecule has 62 heavy (non-hydrogen) atoms. The molecule has 6 saturated carbocycles. The monoisotopic (exact) mass is 837 g/mol. The van der Waals surface area contributed by atoms with E-state index in [1.54, 1.807) is 14.2 Å². The van der Waals surface area contributed by atoms with Gasteiger partial charge in [0.1, 0.15) is 0 Å². The van der Waals surface area contributed by atoms with Gasteiger partial charge in [-0.1, -0.05) is 107 Å². The zero-order chi connectivity index (χ0) is 43.5. The van der Waals surface area contributed by atoms with Crippen LogP contribution in [0.2, 0.25) is 0 Å². The molecule has 0 heterocycles. The Kier molecular flexibility index (Phi) is 9.89. The zero-order valence-electron chi connectivity index (χ0n) is 37.8. The number of benzene rings is 3. The van der Waals surface area contributed by atoms with Crippen molar-refractivity contribution in [1.29, 1.82) is 0 Å². The van der Waals surface area contributed by atoms with E-state index in [9.17, 15) is 15.0 Å². The number of hydrogen-bond acceptors (Lipinski definition) is 6. The number of rotatable bonds is 11. The number of aliphatic hydroxyl groups excluding tert-OH is 1. The molecule has 7 nitrogen and oxygen atoms in total. The van der Waals surface area contributed by atoms with E-state index in [-0.39, 0.29) is 47.3 Å². The van der Waals surface area contributed by atoms with Crippen molar-refractivity contribution < 1.29 is 29.3 Å². The minimum absolute atomic E-state index is 0.000396. The van der Waals surface area contributed by atoms with E-state index >= 15 is 4.79 Å². The summed E-state index contributed by atoms with van der Waals surface area (Å²) in [5, 5.41) is 24.7. The van der Waals surface area contributed by atoms with Crippen molar-refractivity contribution in [3.63, 3.8) is 0 Å². The normalized spacial score (nSPS) is 38.2. The Labute approximate surface area is 369 Å². The third-order valence-corrected chi connectivity index (χ3v) is 19.3. The number of allylic oxidation sites excluding steroid dienone is 4. The summed E-state index contributed by atoms with van der Waals surface area (Å²) in [4.78, 5) is 32.3. The molecule has 2 N–H and O–H groups in total. The lowest BCUT2D eigenvalue weighted by atomic mass is 9.32. The van der Waals surface area contributed by atoms with Gasteiger partial charge >= 0.3 is 0 Å². The molecule has 3 aromatic carbocycles. The molecule has 9 aliphatic rings. The number of methoxy groups -OCH3 is 2. The smallest absolute Gasteiger partial charge is 0.227 e. The van der Waals surface area contributed by atoms with Crippen LogP contribution in [0.1, 0.15) is 108 Å². The minimum Gasteiger partial charge on any atom is -0.493 e. The van der Waals surface area contributed by atoms with E-state index in [1.165, 1.54) is 12.8 Å². The molecule has 328 valence electrons. The molecular formula is C55H67NO6. The summed E-state index contributed by atoms with van der Waals surface area (Å²) >= 11 is 0. The van der Waals surface area contributed by atoms with Gasteiger partial charge in [0.15, 0.2) is 17.3 Å². The van der Waals surface area contributed by atoms with Gasteiger partial charge in [-0.2, -0.15) is 0 Å².